The average molecular weight is 511 g/mol. The molecule has 0 fully saturated rings. The van der Waals surface area contributed by atoms with Crippen LogP contribution in [0.1, 0.15) is 15.9 Å². The largest absolute Gasteiger partial charge is 0.317 e. The lowest BCUT2D eigenvalue weighted by Crippen LogP contribution is -2.34. The quantitative estimate of drug-likeness (QED) is 0.460. The summed E-state index contributed by atoms with van der Waals surface area (Å²) in [5, 5.41) is 6.01. The van der Waals surface area contributed by atoms with E-state index in [4.69, 9.17) is 23.8 Å². The zero-order chi connectivity index (χ0) is 16.3. The first-order valence-electron chi connectivity index (χ1n) is 6.06. The minimum atomic E-state index is -0.382. The number of halogens is 3. The molecule has 2 rings (SSSR count). The van der Waals surface area contributed by atoms with E-state index in [1.165, 1.54) is 0 Å². The molecular formula is C14H10BrClIN3OS. The molecule has 114 valence electrons. The van der Waals surface area contributed by atoms with E-state index in [-0.39, 0.29) is 11.0 Å². The maximum Gasteiger partial charge on any atom is 0.258 e. The van der Waals surface area contributed by atoms with Crippen molar-refractivity contribution >= 4 is 79.2 Å². The van der Waals surface area contributed by atoms with Crippen molar-refractivity contribution in [3.05, 3.63) is 54.7 Å². The fourth-order valence-corrected chi connectivity index (χ4v) is 3.01. The molecule has 4 nitrogen and oxygen atoms in total. The van der Waals surface area contributed by atoms with E-state index < -0.39 is 0 Å². The van der Waals surface area contributed by atoms with Gasteiger partial charge in [0.05, 0.1) is 10.6 Å². The second-order valence-corrected chi connectivity index (χ2v) is 7.33. The standard InChI is InChI=1S/C14H10BrClIN3OS/c1-7-4-9(17)6-18-12(7)19-14(22)20-13(21)10-5-8(15)2-3-11(10)16/h2-6H,1H3,(H2,18,19,20,21,22). The van der Waals surface area contributed by atoms with E-state index in [2.05, 4.69) is 54.1 Å². The van der Waals surface area contributed by atoms with Gasteiger partial charge in [-0.25, -0.2) is 4.98 Å². The number of aryl methyl sites for hydroxylation is 1. The molecule has 0 radical (unpaired) electrons. The van der Waals surface area contributed by atoms with Gasteiger partial charge < -0.3 is 5.32 Å². The molecule has 0 spiro atoms. The van der Waals surface area contributed by atoms with Crippen molar-refractivity contribution < 1.29 is 4.79 Å². The van der Waals surface area contributed by atoms with Crippen LogP contribution in [0.15, 0.2) is 34.9 Å². The van der Waals surface area contributed by atoms with Gasteiger partial charge in [-0.2, -0.15) is 0 Å². The van der Waals surface area contributed by atoms with Crippen LogP contribution in [0.3, 0.4) is 0 Å². The van der Waals surface area contributed by atoms with E-state index in [0.29, 0.717) is 16.4 Å². The normalized spacial score (nSPS) is 10.2. The molecule has 1 aromatic heterocycles. The number of nitrogens with one attached hydrogen (secondary N) is 2. The number of anilines is 1. The summed E-state index contributed by atoms with van der Waals surface area (Å²) >= 11 is 16.6. The third-order valence-electron chi connectivity index (χ3n) is 2.68. The summed E-state index contributed by atoms with van der Waals surface area (Å²) < 4.78 is 1.78. The van der Waals surface area contributed by atoms with Gasteiger partial charge in [0.15, 0.2) is 5.11 Å². The highest BCUT2D eigenvalue weighted by Gasteiger charge is 2.13. The molecule has 0 unspecified atom stereocenters. The lowest BCUT2D eigenvalue weighted by atomic mass is 10.2. The van der Waals surface area contributed by atoms with Gasteiger partial charge >= 0.3 is 0 Å². The van der Waals surface area contributed by atoms with Crippen molar-refractivity contribution in [2.45, 2.75) is 6.92 Å². The maximum atomic E-state index is 12.2. The minimum Gasteiger partial charge on any atom is -0.317 e. The second-order valence-electron chi connectivity index (χ2n) is 4.35. The SMILES string of the molecule is Cc1cc(I)cnc1NC(=S)NC(=O)c1cc(Br)ccc1Cl. The van der Waals surface area contributed by atoms with Crippen LogP contribution in [0.25, 0.3) is 0 Å². The Balaban J connectivity index is 2.08. The molecular weight excluding hydrogens is 501 g/mol. The molecule has 22 heavy (non-hydrogen) atoms. The van der Waals surface area contributed by atoms with Gasteiger partial charge in [-0.05, 0) is 71.6 Å². The van der Waals surface area contributed by atoms with Gasteiger partial charge in [-0.1, -0.05) is 27.5 Å². The number of benzene rings is 1. The summed E-state index contributed by atoms with van der Waals surface area (Å²) in [6, 6.07) is 7.00. The Hall–Kier alpha value is -0.770. The zero-order valence-corrected chi connectivity index (χ0v) is 16.6. The molecule has 0 aliphatic carbocycles. The lowest BCUT2D eigenvalue weighted by molar-refractivity contribution is 0.0978. The molecule has 8 heteroatoms. The summed E-state index contributed by atoms with van der Waals surface area (Å²) in [4.78, 5) is 16.4. The van der Waals surface area contributed by atoms with E-state index in [0.717, 1.165) is 13.6 Å². The summed E-state index contributed by atoms with van der Waals surface area (Å²) in [7, 11) is 0. The molecule has 2 N–H and O–H groups in total. The predicted molar refractivity (Wildman–Crippen MR) is 105 cm³/mol. The zero-order valence-electron chi connectivity index (χ0n) is 11.3. The number of carbonyl (C=O) groups is 1. The highest BCUT2D eigenvalue weighted by Crippen LogP contribution is 2.21. The van der Waals surface area contributed by atoms with Crippen molar-refractivity contribution in [2.24, 2.45) is 0 Å². The van der Waals surface area contributed by atoms with Crippen molar-refractivity contribution in [1.82, 2.24) is 10.3 Å². The summed E-state index contributed by atoms with van der Waals surface area (Å²) in [6.45, 7) is 1.91. The molecule has 0 aliphatic heterocycles. The van der Waals surface area contributed by atoms with Crippen LogP contribution in [0.4, 0.5) is 5.82 Å². The van der Waals surface area contributed by atoms with Crippen LogP contribution < -0.4 is 10.6 Å². The Morgan fingerprint density at radius 2 is 2.14 bits per heavy atom. The number of hydrogen-bond donors (Lipinski definition) is 2. The summed E-state index contributed by atoms with van der Waals surface area (Å²) in [5.41, 5.74) is 1.27. The molecule has 0 saturated carbocycles. The molecule has 0 bridgehead atoms. The van der Waals surface area contributed by atoms with Crippen molar-refractivity contribution in [2.75, 3.05) is 5.32 Å². The van der Waals surface area contributed by atoms with Crippen LogP contribution in [0, 0.1) is 10.5 Å². The van der Waals surface area contributed by atoms with Gasteiger partial charge in [0.25, 0.3) is 5.91 Å². The van der Waals surface area contributed by atoms with E-state index in [1.807, 2.05) is 13.0 Å². The maximum absolute atomic E-state index is 12.2. The third kappa shape index (κ3) is 4.61. The number of pyridine rings is 1. The van der Waals surface area contributed by atoms with Gasteiger partial charge in [-0.15, -0.1) is 0 Å². The van der Waals surface area contributed by atoms with Crippen molar-refractivity contribution in [3.63, 3.8) is 0 Å². The Bertz CT molecular complexity index is 757. The van der Waals surface area contributed by atoms with E-state index in [1.54, 1.807) is 24.4 Å². The minimum absolute atomic E-state index is 0.165. The van der Waals surface area contributed by atoms with Gasteiger partial charge in [0, 0.05) is 14.2 Å². The highest BCUT2D eigenvalue weighted by atomic mass is 127. The van der Waals surface area contributed by atoms with Gasteiger partial charge in [0.2, 0.25) is 0 Å². The van der Waals surface area contributed by atoms with Gasteiger partial charge in [0.1, 0.15) is 5.82 Å². The summed E-state index contributed by atoms with van der Waals surface area (Å²) in [5.74, 6) is 0.220. The molecule has 2 aromatic rings. The Kier molecular flexibility index (Phi) is 6.13. The second kappa shape index (κ2) is 7.67. The summed E-state index contributed by atoms with van der Waals surface area (Å²) in [6.07, 6.45) is 1.71. The first kappa shape index (κ1) is 17.6. The monoisotopic (exact) mass is 509 g/mol. The Morgan fingerprint density at radius 3 is 2.82 bits per heavy atom. The van der Waals surface area contributed by atoms with Gasteiger partial charge in [-0.3, -0.25) is 10.1 Å². The van der Waals surface area contributed by atoms with Crippen LogP contribution in [-0.4, -0.2) is 16.0 Å². The first-order valence-corrected chi connectivity index (χ1v) is 8.72. The molecule has 0 aliphatic rings. The number of amides is 1. The molecule has 1 amide bonds. The molecule has 0 atom stereocenters. The fourth-order valence-electron chi connectivity index (χ4n) is 1.65. The number of rotatable bonds is 2. The smallest absolute Gasteiger partial charge is 0.258 e. The predicted octanol–water partition coefficient (Wildman–Crippen LogP) is 4.54. The van der Waals surface area contributed by atoms with E-state index in [9.17, 15) is 4.79 Å². The van der Waals surface area contributed by atoms with Crippen molar-refractivity contribution in [3.8, 4) is 0 Å². The lowest BCUT2D eigenvalue weighted by Gasteiger charge is -2.11. The Morgan fingerprint density at radius 1 is 1.41 bits per heavy atom. The molecule has 1 aromatic carbocycles. The fraction of sp³-hybridized carbons (Fsp3) is 0.0714. The number of nitrogens with zero attached hydrogens (tertiary/aromatic N) is 1. The van der Waals surface area contributed by atoms with E-state index >= 15 is 0 Å². The average Bonchev–Trinajstić information content (AvgIpc) is 2.44. The molecule has 0 saturated heterocycles. The number of thiocarbonyl (C=S) groups is 1. The Labute approximate surface area is 160 Å². The number of aromatic nitrogens is 1. The van der Waals surface area contributed by atoms with Crippen LogP contribution in [0.2, 0.25) is 5.02 Å². The topological polar surface area (TPSA) is 54.0 Å². The van der Waals surface area contributed by atoms with Crippen molar-refractivity contribution in [1.29, 1.82) is 0 Å². The third-order valence-corrected chi connectivity index (χ3v) is 4.29. The van der Waals surface area contributed by atoms with Crippen LogP contribution >= 0.6 is 62.3 Å². The first-order chi connectivity index (χ1) is 10.4. The van der Waals surface area contributed by atoms with Crippen LogP contribution in [-0.2, 0) is 0 Å². The highest BCUT2D eigenvalue weighted by molar-refractivity contribution is 14.1. The number of carbonyl (C=O) groups excluding carboxylic acids is 1. The number of hydrogen-bond acceptors (Lipinski definition) is 3. The van der Waals surface area contributed by atoms with Crippen LogP contribution in [0.5, 0.6) is 0 Å². The molecule has 1 heterocycles.